The molecule has 0 aliphatic rings. The van der Waals surface area contributed by atoms with Crippen LogP contribution in [0.3, 0.4) is 0 Å². The van der Waals surface area contributed by atoms with E-state index in [4.69, 9.17) is 5.11 Å². The molecular formula is C7H10N4O5. The normalized spacial score (nSPS) is 10.1. The predicted molar refractivity (Wildman–Crippen MR) is 54.5 cm³/mol. The molecule has 0 fully saturated rings. The van der Waals surface area contributed by atoms with Crippen molar-refractivity contribution in [3.05, 3.63) is 31.0 Å². The number of nitro groups is 1. The van der Waals surface area contributed by atoms with Crippen LogP contribution in [0.4, 0.5) is 11.5 Å². The molecule has 0 aliphatic carbocycles. The van der Waals surface area contributed by atoms with E-state index in [1.54, 1.807) is 0 Å². The maximum Gasteiger partial charge on any atom is 0.374 e. The van der Waals surface area contributed by atoms with Gasteiger partial charge in [0.25, 0.3) is 0 Å². The monoisotopic (exact) mass is 230 g/mol. The van der Waals surface area contributed by atoms with E-state index in [2.05, 4.69) is 10.3 Å². The molecule has 0 radical (unpaired) electrons. The third-order valence-electron chi connectivity index (χ3n) is 1.88. The Hall–Kier alpha value is -2.16. The molecule has 0 atom stereocenters. The standard InChI is InChI=1S/C7H10N4O5/c1-10-6(13)4(11(15)16)5(8-2-3-12)9-7(10)14/h8,12H,2-3H2,1H3,(H,9,14). The topological polar surface area (TPSA) is 130 Å². The first kappa shape index (κ1) is 11.9. The predicted octanol–water partition coefficient (Wildman–Crippen LogP) is -1.61. The molecule has 9 nitrogen and oxygen atoms in total. The molecule has 1 rings (SSSR count). The highest BCUT2D eigenvalue weighted by atomic mass is 16.6. The van der Waals surface area contributed by atoms with Gasteiger partial charge in [0.05, 0.1) is 11.5 Å². The van der Waals surface area contributed by atoms with Crippen molar-refractivity contribution in [1.29, 1.82) is 0 Å². The molecule has 0 unspecified atom stereocenters. The van der Waals surface area contributed by atoms with Crippen LogP contribution in [0.5, 0.6) is 0 Å². The van der Waals surface area contributed by atoms with E-state index in [1.807, 2.05) is 0 Å². The lowest BCUT2D eigenvalue weighted by Gasteiger charge is -2.05. The zero-order valence-corrected chi connectivity index (χ0v) is 8.39. The molecule has 1 heterocycles. The maximum atomic E-state index is 11.4. The zero-order chi connectivity index (χ0) is 12.3. The molecule has 0 bridgehead atoms. The minimum Gasteiger partial charge on any atom is -0.395 e. The second kappa shape index (κ2) is 4.57. The van der Waals surface area contributed by atoms with E-state index in [1.165, 1.54) is 0 Å². The molecule has 0 saturated carbocycles. The minimum atomic E-state index is -1.01. The second-order valence-electron chi connectivity index (χ2n) is 2.93. The number of aliphatic hydroxyl groups is 1. The van der Waals surface area contributed by atoms with Crippen molar-refractivity contribution in [3.8, 4) is 0 Å². The Morgan fingerprint density at radius 1 is 1.56 bits per heavy atom. The van der Waals surface area contributed by atoms with Crippen LogP contribution in [0.15, 0.2) is 9.59 Å². The lowest BCUT2D eigenvalue weighted by molar-refractivity contribution is -0.385. The second-order valence-corrected chi connectivity index (χ2v) is 2.93. The number of nitrogens with zero attached hydrogens (tertiary/aromatic N) is 2. The maximum absolute atomic E-state index is 11.4. The fraction of sp³-hybridized carbons (Fsp3) is 0.429. The van der Waals surface area contributed by atoms with Gasteiger partial charge < -0.3 is 10.4 Å². The van der Waals surface area contributed by atoms with Crippen LogP contribution in [0, 0.1) is 10.1 Å². The summed E-state index contributed by atoms with van der Waals surface area (Å²) in [5, 5.41) is 21.6. The van der Waals surface area contributed by atoms with Crippen LogP contribution in [-0.2, 0) is 7.05 Å². The molecular weight excluding hydrogens is 220 g/mol. The van der Waals surface area contributed by atoms with E-state index in [0.29, 0.717) is 4.57 Å². The first-order chi connectivity index (χ1) is 7.49. The van der Waals surface area contributed by atoms with Crippen molar-refractivity contribution >= 4 is 11.5 Å². The lowest BCUT2D eigenvalue weighted by Crippen LogP contribution is -2.35. The number of hydrogen-bond acceptors (Lipinski definition) is 6. The first-order valence-electron chi connectivity index (χ1n) is 4.31. The smallest absolute Gasteiger partial charge is 0.374 e. The Morgan fingerprint density at radius 2 is 2.19 bits per heavy atom. The van der Waals surface area contributed by atoms with Crippen LogP contribution in [0.2, 0.25) is 0 Å². The van der Waals surface area contributed by atoms with Crippen molar-refractivity contribution in [3.63, 3.8) is 0 Å². The number of H-pyrrole nitrogens is 1. The van der Waals surface area contributed by atoms with Crippen molar-refractivity contribution in [2.24, 2.45) is 7.05 Å². The van der Waals surface area contributed by atoms with Crippen molar-refractivity contribution in [2.45, 2.75) is 0 Å². The highest BCUT2D eigenvalue weighted by Crippen LogP contribution is 2.13. The fourth-order valence-electron chi connectivity index (χ4n) is 1.09. The van der Waals surface area contributed by atoms with Crippen molar-refractivity contribution in [1.82, 2.24) is 9.55 Å². The SMILES string of the molecule is Cn1c(=O)[nH]c(NCCO)c([N+](=O)[O-])c1=O. The summed E-state index contributed by atoms with van der Waals surface area (Å²) < 4.78 is 0.599. The molecule has 0 aliphatic heterocycles. The Morgan fingerprint density at radius 3 is 2.69 bits per heavy atom. The molecule has 1 aromatic heterocycles. The number of aromatic nitrogens is 2. The van der Waals surface area contributed by atoms with Crippen LogP contribution in [0.25, 0.3) is 0 Å². The molecule has 0 amide bonds. The Labute approximate surface area is 88.5 Å². The molecule has 88 valence electrons. The number of nitrogens with one attached hydrogen (secondary N) is 2. The Kier molecular flexibility index (Phi) is 3.40. The average molecular weight is 230 g/mol. The van der Waals surface area contributed by atoms with Crippen LogP contribution in [0.1, 0.15) is 0 Å². The largest absolute Gasteiger partial charge is 0.395 e. The summed E-state index contributed by atoms with van der Waals surface area (Å²) in [4.78, 5) is 34.5. The van der Waals surface area contributed by atoms with Gasteiger partial charge in [-0.25, -0.2) is 4.79 Å². The van der Waals surface area contributed by atoms with Gasteiger partial charge in [0.15, 0.2) is 5.82 Å². The van der Waals surface area contributed by atoms with Gasteiger partial charge in [-0.05, 0) is 0 Å². The number of aliphatic hydroxyl groups excluding tert-OH is 1. The van der Waals surface area contributed by atoms with E-state index < -0.39 is 21.9 Å². The summed E-state index contributed by atoms with van der Waals surface area (Å²) in [7, 11) is 1.13. The van der Waals surface area contributed by atoms with Gasteiger partial charge in [0.2, 0.25) is 0 Å². The molecule has 0 spiro atoms. The summed E-state index contributed by atoms with van der Waals surface area (Å²) in [6, 6.07) is 0. The van der Waals surface area contributed by atoms with Gasteiger partial charge in [0, 0.05) is 13.6 Å². The van der Waals surface area contributed by atoms with E-state index in [-0.39, 0.29) is 19.0 Å². The van der Waals surface area contributed by atoms with Gasteiger partial charge >= 0.3 is 16.9 Å². The van der Waals surface area contributed by atoms with Crippen LogP contribution in [-0.4, -0.2) is 32.7 Å². The highest BCUT2D eigenvalue weighted by Gasteiger charge is 2.22. The highest BCUT2D eigenvalue weighted by molar-refractivity contribution is 5.53. The third-order valence-corrected chi connectivity index (χ3v) is 1.88. The zero-order valence-electron chi connectivity index (χ0n) is 8.39. The molecule has 0 saturated heterocycles. The molecule has 9 heteroatoms. The van der Waals surface area contributed by atoms with E-state index in [0.717, 1.165) is 7.05 Å². The van der Waals surface area contributed by atoms with Crippen molar-refractivity contribution < 1.29 is 10.0 Å². The van der Waals surface area contributed by atoms with Gasteiger partial charge in [-0.15, -0.1) is 0 Å². The molecule has 3 N–H and O–H groups in total. The van der Waals surface area contributed by atoms with E-state index >= 15 is 0 Å². The first-order valence-corrected chi connectivity index (χ1v) is 4.31. The van der Waals surface area contributed by atoms with Crippen molar-refractivity contribution in [2.75, 3.05) is 18.5 Å². The average Bonchev–Trinajstić information content (AvgIpc) is 2.22. The number of hydrogen-bond donors (Lipinski definition) is 3. The van der Waals surface area contributed by atoms with Gasteiger partial charge in [-0.2, -0.15) is 0 Å². The molecule has 0 aromatic carbocycles. The Bertz CT molecular complexity index is 516. The number of anilines is 1. The summed E-state index contributed by atoms with van der Waals surface area (Å²) in [5.41, 5.74) is -2.53. The summed E-state index contributed by atoms with van der Waals surface area (Å²) in [6.45, 7) is -0.293. The van der Waals surface area contributed by atoms with Gasteiger partial charge in [-0.3, -0.25) is 24.5 Å². The van der Waals surface area contributed by atoms with Crippen LogP contribution < -0.4 is 16.6 Å². The fourth-order valence-corrected chi connectivity index (χ4v) is 1.09. The van der Waals surface area contributed by atoms with E-state index in [9.17, 15) is 19.7 Å². The Balaban J connectivity index is 3.41. The van der Waals surface area contributed by atoms with Gasteiger partial charge in [0.1, 0.15) is 0 Å². The lowest BCUT2D eigenvalue weighted by atomic mass is 10.4. The summed E-state index contributed by atoms with van der Waals surface area (Å²) >= 11 is 0. The summed E-state index contributed by atoms with van der Waals surface area (Å²) in [6.07, 6.45) is 0. The summed E-state index contributed by atoms with van der Waals surface area (Å²) in [5.74, 6) is -0.299. The number of aromatic amines is 1. The van der Waals surface area contributed by atoms with Gasteiger partial charge in [-0.1, -0.05) is 0 Å². The number of rotatable bonds is 4. The third kappa shape index (κ3) is 2.08. The van der Waals surface area contributed by atoms with Crippen LogP contribution >= 0.6 is 0 Å². The quantitative estimate of drug-likeness (QED) is 0.421. The minimum absolute atomic E-state index is 0.00997. The molecule has 1 aromatic rings. The molecule has 16 heavy (non-hydrogen) atoms.